The fourth-order valence-corrected chi connectivity index (χ4v) is 7.68. The predicted molar refractivity (Wildman–Crippen MR) is 246 cm³/mol. The fourth-order valence-electron chi connectivity index (χ4n) is 6.93. The smallest absolute Gasteiger partial charge is 0.462 e. The topological polar surface area (TPSA) is 205 Å². The zero-order valence-electron chi connectivity index (χ0n) is 39.2. The maximum absolute atomic E-state index is 12.8. The molecule has 62 heavy (non-hydrogen) atoms. The molecule has 0 saturated heterocycles. The van der Waals surface area contributed by atoms with Crippen LogP contribution in [-0.4, -0.2) is 81.8 Å². The van der Waals surface area contributed by atoms with Crippen LogP contribution in [-0.2, 0) is 42.1 Å². The quantitative estimate of drug-likeness (QED) is 0.0112. The van der Waals surface area contributed by atoms with E-state index in [1.165, 1.54) is 141 Å². The lowest BCUT2D eigenvalue weighted by Crippen LogP contribution is -2.30. The highest BCUT2D eigenvalue weighted by atomic mass is 31.2. The molecule has 2 N–H and O–H groups in total. The largest absolute Gasteiger partial charge is 0.472 e. The van der Waals surface area contributed by atoms with Gasteiger partial charge in [-0.1, -0.05) is 199 Å². The van der Waals surface area contributed by atoms with Crippen LogP contribution in [0, 0.1) is 0 Å². The second-order valence-corrected chi connectivity index (χ2v) is 17.9. The van der Waals surface area contributed by atoms with E-state index < -0.39 is 38.6 Å². The van der Waals surface area contributed by atoms with E-state index in [0.717, 1.165) is 38.5 Å². The first kappa shape index (κ1) is 59.6. The first-order valence-electron chi connectivity index (χ1n) is 24.7. The Bertz CT molecular complexity index is 1150. The number of phosphoric ester groups is 1. The van der Waals surface area contributed by atoms with Crippen molar-refractivity contribution < 1.29 is 51.8 Å². The van der Waals surface area contributed by atoms with E-state index in [2.05, 4.69) is 29.2 Å². The van der Waals surface area contributed by atoms with Gasteiger partial charge >= 0.3 is 25.9 Å². The molecule has 15 nitrogen and oxygen atoms in total. The van der Waals surface area contributed by atoms with Crippen molar-refractivity contribution in [3.05, 3.63) is 10.4 Å². The number of nitrogens with zero attached hydrogens (tertiary/aromatic N) is 3. The van der Waals surface area contributed by atoms with Gasteiger partial charge in [0.15, 0.2) is 6.10 Å². The van der Waals surface area contributed by atoms with Gasteiger partial charge in [0, 0.05) is 30.8 Å². The monoisotopic (exact) mass is 905 g/mol. The maximum atomic E-state index is 12.8. The van der Waals surface area contributed by atoms with Gasteiger partial charge in [-0.25, -0.2) is 9.36 Å². The first-order valence-corrected chi connectivity index (χ1v) is 26.2. The number of rotatable bonds is 48. The standard InChI is InChI=1S/C46H89N4O11P/c1-3-5-7-9-11-13-15-17-19-21-23-25-27-29-31-33-44(51)58-41-43(42-60-62(54,55)59-38-35-48-46(53)57-40-39-56-37-36-49-50-47)61-45(52)34-32-30-28-26-24-22-20-18-16-14-12-10-8-6-4-2/h43H,3-42H2,1-2H3,(H,48,53)(H,54,55)/t43-/m1/s1. The molecule has 0 aromatic heterocycles. The Hall–Kier alpha value is -2.41. The van der Waals surface area contributed by atoms with Crippen molar-refractivity contribution in [1.29, 1.82) is 0 Å². The summed E-state index contributed by atoms with van der Waals surface area (Å²) < 4.78 is 43.6. The Morgan fingerprint density at radius 2 is 1.00 bits per heavy atom. The molecule has 0 aromatic rings. The number of nitrogens with one attached hydrogen (secondary N) is 1. The molecule has 0 aromatic carbocycles. The van der Waals surface area contributed by atoms with Gasteiger partial charge in [0.05, 0.1) is 26.4 Å². The lowest BCUT2D eigenvalue weighted by Gasteiger charge is -2.20. The van der Waals surface area contributed by atoms with Crippen LogP contribution in [0.25, 0.3) is 10.4 Å². The van der Waals surface area contributed by atoms with Crippen LogP contribution in [0.2, 0.25) is 0 Å². The van der Waals surface area contributed by atoms with Crippen molar-refractivity contribution in [1.82, 2.24) is 5.32 Å². The van der Waals surface area contributed by atoms with Gasteiger partial charge in [-0.15, -0.1) is 0 Å². The molecule has 0 heterocycles. The van der Waals surface area contributed by atoms with Gasteiger partial charge in [-0.2, -0.15) is 0 Å². The van der Waals surface area contributed by atoms with Crippen molar-refractivity contribution in [2.24, 2.45) is 5.11 Å². The van der Waals surface area contributed by atoms with Gasteiger partial charge < -0.3 is 29.2 Å². The number of carbonyl (C=O) groups is 3. The van der Waals surface area contributed by atoms with E-state index in [1.54, 1.807) is 0 Å². The molecule has 0 aliphatic rings. The lowest BCUT2D eigenvalue weighted by atomic mass is 10.0. The molecule has 0 spiro atoms. The van der Waals surface area contributed by atoms with Crippen LogP contribution >= 0.6 is 7.82 Å². The summed E-state index contributed by atoms with van der Waals surface area (Å²) in [6.07, 6.45) is 35.1. The Morgan fingerprint density at radius 1 is 0.565 bits per heavy atom. The van der Waals surface area contributed by atoms with E-state index >= 15 is 0 Å². The Balaban J connectivity index is 4.50. The van der Waals surface area contributed by atoms with E-state index in [0.29, 0.717) is 12.8 Å². The van der Waals surface area contributed by atoms with Crippen LogP contribution in [0.15, 0.2) is 5.11 Å². The number of phosphoric acid groups is 1. The van der Waals surface area contributed by atoms with Gasteiger partial charge in [0.25, 0.3) is 0 Å². The van der Waals surface area contributed by atoms with Crippen LogP contribution in [0.5, 0.6) is 0 Å². The van der Waals surface area contributed by atoms with Crippen molar-refractivity contribution in [3.8, 4) is 0 Å². The van der Waals surface area contributed by atoms with Gasteiger partial charge in [-0.05, 0) is 18.4 Å². The second kappa shape index (κ2) is 46.6. The minimum atomic E-state index is -4.62. The summed E-state index contributed by atoms with van der Waals surface area (Å²) in [6, 6.07) is 0. The van der Waals surface area contributed by atoms with Crippen LogP contribution < -0.4 is 5.32 Å². The molecule has 0 bridgehead atoms. The number of hydrogen-bond acceptors (Lipinski definition) is 11. The number of ether oxygens (including phenoxy) is 4. The number of esters is 2. The molecule has 364 valence electrons. The third-order valence-electron chi connectivity index (χ3n) is 10.6. The van der Waals surface area contributed by atoms with Gasteiger partial charge in [-0.3, -0.25) is 18.6 Å². The fraction of sp³-hybridized carbons (Fsp3) is 0.935. The normalized spacial score (nSPS) is 12.6. The lowest BCUT2D eigenvalue weighted by molar-refractivity contribution is -0.161. The zero-order valence-corrected chi connectivity index (χ0v) is 40.1. The summed E-state index contributed by atoms with van der Waals surface area (Å²) in [4.78, 5) is 50.0. The average Bonchev–Trinajstić information content (AvgIpc) is 3.25. The molecular weight excluding hydrogens is 815 g/mol. The minimum absolute atomic E-state index is 0.0475. The molecule has 0 radical (unpaired) electrons. The maximum Gasteiger partial charge on any atom is 0.472 e. The van der Waals surface area contributed by atoms with Gasteiger partial charge in [0.2, 0.25) is 0 Å². The van der Waals surface area contributed by atoms with Crippen LogP contribution in [0.4, 0.5) is 4.79 Å². The summed E-state index contributed by atoms with van der Waals surface area (Å²) in [5, 5.41) is 5.69. The summed E-state index contributed by atoms with van der Waals surface area (Å²) >= 11 is 0. The Labute approximate surface area is 375 Å². The molecule has 1 amide bonds. The number of unbranched alkanes of at least 4 members (excludes halogenated alkanes) is 28. The molecule has 0 aliphatic heterocycles. The highest BCUT2D eigenvalue weighted by Crippen LogP contribution is 2.43. The second-order valence-electron chi connectivity index (χ2n) is 16.4. The Morgan fingerprint density at radius 3 is 1.45 bits per heavy atom. The Kier molecular flexibility index (Phi) is 44.8. The summed E-state index contributed by atoms with van der Waals surface area (Å²) in [5.41, 5.74) is 8.23. The molecule has 0 saturated carbocycles. The van der Waals surface area contributed by atoms with Crippen molar-refractivity contribution in [3.63, 3.8) is 0 Å². The third-order valence-corrected chi connectivity index (χ3v) is 11.6. The minimum Gasteiger partial charge on any atom is -0.462 e. The predicted octanol–water partition coefficient (Wildman–Crippen LogP) is 13.2. The summed E-state index contributed by atoms with van der Waals surface area (Å²) in [7, 11) is -4.62. The highest BCUT2D eigenvalue weighted by molar-refractivity contribution is 7.47. The van der Waals surface area contributed by atoms with E-state index in [9.17, 15) is 23.8 Å². The molecule has 2 atom stereocenters. The van der Waals surface area contributed by atoms with Crippen molar-refractivity contribution in [2.75, 3.05) is 52.7 Å². The van der Waals surface area contributed by atoms with Crippen LogP contribution in [0.3, 0.4) is 0 Å². The zero-order chi connectivity index (χ0) is 45.5. The number of azide groups is 1. The molecular formula is C46H89N4O11P. The number of hydrogen-bond donors (Lipinski definition) is 2. The van der Waals surface area contributed by atoms with E-state index in [4.69, 9.17) is 33.5 Å². The molecule has 0 rings (SSSR count). The average molecular weight is 905 g/mol. The summed E-state index contributed by atoms with van der Waals surface area (Å²) in [6.45, 7) is 3.54. The molecule has 0 aliphatic carbocycles. The van der Waals surface area contributed by atoms with Crippen molar-refractivity contribution in [2.45, 2.75) is 225 Å². The van der Waals surface area contributed by atoms with E-state index in [1.807, 2.05) is 0 Å². The SMILES string of the molecule is CCCCCCCCCCCCCCCCCC(=O)OC[C@H](COP(=O)(O)OCCNC(=O)OCCOCCN=[N+]=[N-])OC(=O)CCCCCCCCCCCCCCCCC. The summed E-state index contributed by atoms with van der Waals surface area (Å²) in [5.74, 6) is -0.923. The van der Waals surface area contributed by atoms with Crippen LogP contribution in [0.1, 0.15) is 219 Å². The molecule has 0 fully saturated rings. The number of amides is 1. The first-order chi connectivity index (χ1) is 30.2. The van der Waals surface area contributed by atoms with Gasteiger partial charge in [0.1, 0.15) is 13.2 Å². The van der Waals surface area contributed by atoms with E-state index in [-0.39, 0.29) is 59.0 Å². The third kappa shape index (κ3) is 45.6. The highest BCUT2D eigenvalue weighted by Gasteiger charge is 2.26. The number of carbonyl (C=O) groups excluding carboxylic acids is 3. The number of alkyl carbamates (subject to hydrolysis) is 1. The van der Waals surface area contributed by atoms with Crippen molar-refractivity contribution >= 4 is 25.9 Å². The molecule has 1 unspecified atom stereocenters. The molecule has 16 heteroatoms.